The second-order valence-corrected chi connectivity index (χ2v) is 8.86. The summed E-state index contributed by atoms with van der Waals surface area (Å²) >= 11 is 0. The molecule has 20 heavy (non-hydrogen) atoms. The van der Waals surface area contributed by atoms with E-state index in [1.165, 1.54) is 32.1 Å². The fourth-order valence-electron chi connectivity index (χ4n) is 6.06. The monoisotopic (exact) mass is 280 g/mol. The average Bonchev–Trinajstić information content (AvgIpc) is 2.66. The molecule has 2 rings (SSSR count). The third-order valence-corrected chi connectivity index (χ3v) is 6.95. The van der Waals surface area contributed by atoms with E-state index in [9.17, 15) is 5.11 Å². The first kappa shape index (κ1) is 16.3. The summed E-state index contributed by atoms with van der Waals surface area (Å²) in [5.74, 6) is 4.25. The predicted molar refractivity (Wildman–Crippen MR) is 86.6 cm³/mol. The largest absolute Gasteiger partial charge is 0.390 e. The van der Waals surface area contributed by atoms with Gasteiger partial charge in [-0.25, -0.2) is 0 Å². The number of hydrogen-bond acceptors (Lipinski definition) is 1. The molecule has 0 heterocycles. The molecule has 0 aliphatic heterocycles. The maximum Gasteiger partial charge on any atom is 0.0594 e. The second-order valence-electron chi connectivity index (χ2n) is 8.86. The molecule has 0 bridgehead atoms. The van der Waals surface area contributed by atoms with Gasteiger partial charge < -0.3 is 5.11 Å². The molecule has 1 heteroatoms. The minimum atomic E-state index is -0.514. The zero-order valence-corrected chi connectivity index (χ0v) is 14.6. The van der Waals surface area contributed by atoms with E-state index in [0.717, 1.165) is 30.1 Å². The zero-order chi connectivity index (χ0) is 15.1. The third kappa shape index (κ3) is 2.93. The Morgan fingerprint density at radius 1 is 1.25 bits per heavy atom. The Balaban J connectivity index is 2.12. The van der Waals surface area contributed by atoms with Gasteiger partial charge in [-0.1, -0.05) is 34.1 Å². The van der Waals surface area contributed by atoms with E-state index in [0.29, 0.717) is 11.3 Å². The maximum atomic E-state index is 10.2. The number of aliphatic hydroxyl groups is 1. The fraction of sp³-hybridized carbons (Fsp3) is 1.00. The van der Waals surface area contributed by atoms with Gasteiger partial charge in [0.15, 0.2) is 0 Å². The van der Waals surface area contributed by atoms with Crippen LogP contribution in [0.3, 0.4) is 0 Å². The Hall–Kier alpha value is -0.0400. The lowest BCUT2D eigenvalue weighted by atomic mass is 9.56. The Kier molecular flexibility index (Phi) is 4.60. The van der Waals surface area contributed by atoms with Crippen molar-refractivity contribution < 1.29 is 5.11 Å². The molecular formula is C19H36O. The van der Waals surface area contributed by atoms with Crippen molar-refractivity contribution in [2.45, 2.75) is 85.7 Å². The van der Waals surface area contributed by atoms with Crippen LogP contribution in [0.15, 0.2) is 0 Å². The molecule has 0 saturated heterocycles. The lowest BCUT2D eigenvalue weighted by Crippen LogP contribution is -2.42. The van der Waals surface area contributed by atoms with Crippen molar-refractivity contribution in [1.29, 1.82) is 0 Å². The smallest absolute Gasteiger partial charge is 0.0594 e. The van der Waals surface area contributed by atoms with Gasteiger partial charge in [-0.3, -0.25) is 0 Å². The van der Waals surface area contributed by atoms with Crippen LogP contribution in [0.5, 0.6) is 0 Å². The average molecular weight is 280 g/mol. The van der Waals surface area contributed by atoms with Gasteiger partial charge in [-0.2, -0.15) is 0 Å². The minimum Gasteiger partial charge on any atom is -0.390 e. The van der Waals surface area contributed by atoms with Gasteiger partial charge in [0.25, 0.3) is 0 Å². The van der Waals surface area contributed by atoms with E-state index in [2.05, 4.69) is 27.7 Å². The summed E-state index contributed by atoms with van der Waals surface area (Å²) in [5, 5.41) is 10.2. The van der Waals surface area contributed by atoms with Crippen molar-refractivity contribution in [1.82, 2.24) is 0 Å². The molecule has 2 saturated carbocycles. The van der Waals surface area contributed by atoms with Crippen LogP contribution in [-0.2, 0) is 0 Å². The van der Waals surface area contributed by atoms with Gasteiger partial charge >= 0.3 is 0 Å². The Morgan fingerprint density at radius 3 is 2.45 bits per heavy atom. The Labute approximate surface area is 126 Å². The number of hydrogen-bond donors (Lipinski definition) is 1. The lowest BCUT2D eigenvalue weighted by Gasteiger charge is -2.49. The molecule has 0 amide bonds. The lowest BCUT2D eigenvalue weighted by molar-refractivity contribution is -0.0175. The van der Waals surface area contributed by atoms with Gasteiger partial charge in [0.1, 0.15) is 0 Å². The maximum absolute atomic E-state index is 10.2. The molecule has 2 aliphatic carbocycles. The molecular weight excluding hydrogens is 244 g/mol. The molecule has 118 valence electrons. The van der Waals surface area contributed by atoms with Crippen LogP contribution in [0.1, 0.15) is 80.1 Å². The molecule has 0 aromatic carbocycles. The molecule has 6 atom stereocenters. The highest BCUT2D eigenvalue weighted by Crippen LogP contribution is 2.61. The van der Waals surface area contributed by atoms with E-state index in [-0.39, 0.29) is 0 Å². The van der Waals surface area contributed by atoms with Crippen LogP contribution in [0.2, 0.25) is 0 Å². The van der Waals surface area contributed by atoms with E-state index < -0.39 is 5.60 Å². The van der Waals surface area contributed by atoms with Gasteiger partial charge in [0.05, 0.1) is 5.60 Å². The van der Waals surface area contributed by atoms with Crippen molar-refractivity contribution in [3.63, 3.8) is 0 Å². The summed E-state index contributed by atoms with van der Waals surface area (Å²) in [5.41, 5.74) is 0.0237. The normalized spacial score (nSPS) is 43.4. The first-order valence-electron chi connectivity index (χ1n) is 8.91. The van der Waals surface area contributed by atoms with Crippen molar-refractivity contribution >= 4 is 0 Å². The SMILES string of the molecule is CCC1CC[C@]2(C)C(C(C)CC(C)(C)O)CCC2C1C. The standard InChI is InChI=1S/C19H36O/c1-7-15-10-11-19(6)16(8-9-17(19)14(15)3)13(2)12-18(4,5)20/h13-17,20H,7-12H2,1-6H3/t13?,14?,15?,16?,17?,19-/m1/s1. The van der Waals surface area contributed by atoms with E-state index in [4.69, 9.17) is 0 Å². The van der Waals surface area contributed by atoms with E-state index in [1.54, 1.807) is 0 Å². The molecule has 5 unspecified atom stereocenters. The summed E-state index contributed by atoms with van der Waals surface area (Å²) in [6, 6.07) is 0. The van der Waals surface area contributed by atoms with E-state index >= 15 is 0 Å². The van der Waals surface area contributed by atoms with Gasteiger partial charge in [-0.15, -0.1) is 0 Å². The Morgan fingerprint density at radius 2 is 1.90 bits per heavy atom. The molecule has 0 spiro atoms. The van der Waals surface area contributed by atoms with Crippen LogP contribution >= 0.6 is 0 Å². The minimum absolute atomic E-state index is 0.514. The highest BCUT2D eigenvalue weighted by atomic mass is 16.3. The first-order valence-corrected chi connectivity index (χ1v) is 8.91. The topological polar surface area (TPSA) is 20.2 Å². The van der Waals surface area contributed by atoms with Crippen LogP contribution in [0, 0.1) is 35.0 Å². The van der Waals surface area contributed by atoms with Gasteiger partial charge in [0, 0.05) is 0 Å². The predicted octanol–water partition coefficient (Wildman–Crippen LogP) is 5.27. The van der Waals surface area contributed by atoms with Crippen molar-refractivity contribution in [2.75, 3.05) is 0 Å². The highest BCUT2D eigenvalue weighted by Gasteiger charge is 2.53. The molecule has 1 N–H and O–H groups in total. The molecule has 0 aromatic rings. The second kappa shape index (κ2) is 5.63. The van der Waals surface area contributed by atoms with Crippen molar-refractivity contribution in [2.24, 2.45) is 35.0 Å². The molecule has 1 nitrogen and oxygen atoms in total. The third-order valence-electron chi connectivity index (χ3n) is 6.95. The van der Waals surface area contributed by atoms with Crippen LogP contribution < -0.4 is 0 Å². The van der Waals surface area contributed by atoms with Gasteiger partial charge in [0.2, 0.25) is 0 Å². The Bertz CT molecular complexity index is 329. The zero-order valence-electron chi connectivity index (χ0n) is 14.6. The molecule has 0 radical (unpaired) electrons. The summed E-state index contributed by atoms with van der Waals surface area (Å²) < 4.78 is 0. The molecule has 0 aromatic heterocycles. The first-order chi connectivity index (χ1) is 9.19. The summed E-state index contributed by atoms with van der Waals surface area (Å²) in [7, 11) is 0. The highest BCUT2D eigenvalue weighted by molar-refractivity contribution is 5.02. The molecule has 2 fully saturated rings. The van der Waals surface area contributed by atoms with Crippen molar-refractivity contribution in [3.05, 3.63) is 0 Å². The number of rotatable bonds is 4. The van der Waals surface area contributed by atoms with Crippen LogP contribution in [-0.4, -0.2) is 10.7 Å². The van der Waals surface area contributed by atoms with Crippen LogP contribution in [0.4, 0.5) is 0 Å². The van der Waals surface area contributed by atoms with Gasteiger partial charge in [-0.05, 0) is 81.0 Å². The van der Waals surface area contributed by atoms with Crippen molar-refractivity contribution in [3.8, 4) is 0 Å². The van der Waals surface area contributed by atoms with E-state index in [1.807, 2.05) is 13.8 Å². The summed E-state index contributed by atoms with van der Waals surface area (Å²) in [6.07, 6.45) is 7.97. The summed E-state index contributed by atoms with van der Waals surface area (Å²) in [6.45, 7) is 13.8. The number of fused-ring (bicyclic) bond motifs is 1. The van der Waals surface area contributed by atoms with Crippen LogP contribution in [0.25, 0.3) is 0 Å². The fourth-order valence-corrected chi connectivity index (χ4v) is 6.06. The summed E-state index contributed by atoms with van der Waals surface area (Å²) in [4.78, 5) is 0. The quantitative estimate of drug-likeness (QED) is 0.743. The molecule has 2 aliphatic rings.